The van der Waals surface area contributed by atoms with Crippen molar-refractivity contribution >= 4 is 55.6 Å². The van der Waals surface area contributed by atoms with Crippen LogP contribution in [0.2, 0.25) is 10.0 Å². The fourth-order valence-electron chi connectivity index (χ4n) is 1.83. The zero-order valence-electron chi connectivity index (χ0n) is 11.5. The van der Waals surface area contributed by atoms with Crippen LogP contribution >= 0.6 is 34.5 Å². The number of nitrogens with zero attached hydrogens (tertiary/aromatic N) is 1. The molecule has 118 valence electrons. The van der Waals surface area contributed by atoms with Crippen molar-refractivity contribution in [1.29, 1.82) is 0 Å². The van der Waals surface area contributed by atoms with Gasteiger partial charge >= 0.3 is 0 Å². The number of anilines is 1. The predicted molar refractivity (Wildman–Crippen MR) is 88.0 cm³/mol. The minimum absolute atomic E-state index is 0.0705. The van der Waals surface area contributed by atoms with Gasteiger partial charge in [0.15, 0.2) is 5.13 Å². The van der Waals surface area contributed by atoms with Gasteiger partial charge in [-0.2, -0.15) is 0 Å². The smallest absolute Gasteiger partial charge is 0.241 e. The highest BCUT2D eigenvalue weighted by atomic mass is 35.5. The number of thiazole rings is 1. The van der Waals surface area contributed by atoms with E-state index in [1.54, 1.807) is 6.92 Å². The number of sulfonamides is 1. The fourth-order valence-corrected chi connectivity index (χ4v) is 4.62. The van der Waals surface area contributed by atoms with Crippen molar-refractivity contribution < 1.29 is 13.2 Å². The van der Waals surface area contributed by atoms with E-state index in [0.29, 0.717) is 21.3 Å². The second-order valence-corrected chi connectivity index (χ2v) is 7.74. The molecule has 1 aromatic heterocycles. The molecule has 1 amide bonds. The Kier molecular flexibility index (Phi) is 4.78. The van der Waals surface area contributed by atoms with Crippen LogP contribution in [0.3, 0.4) is 0 Å². The van der Waals surface area contributed by atoms with Gasteiger partial charge in [-0.1, -0.05) is 34.5 Å². The normalized spacial score (nSPS) is 11.5. The molecular formula is C12H11Cl2N3O3S2. The molecule has 1 heterocycles. The van der Waals surface area contributed by atoms with E-state index >= 15 is 0 Å². The highest BCUT2D eigenvalue weighted by Crippen LogP contribution is 2.38. The number of hydrogen-bond acceptors (Lipinski definition) is 5. The summed E-state index contributed by atoms with van der Waals surface area (Å²) >= 11 is 13.2. The maximum atomic E-state index is 11.5. The van der Waals surface area contributed by atoms with Crippen LogP contribution in [0.25, 0.3) is 10.4 Å². The van der Waals surface area contributed by atoms with Gasteiger partial charge in [0.25, 0.3) is 0 Å². The molecule has 0 unspecified atom stereocenters. The quantitative estimate of drug-likeness (QED) is 0.854. The van der Waals surface area contributed by atoms with Crippen LogP contribution in [0, 0.1) is 6.92 Å². The Morgan fingerprint density at radius 2 is 1.86 bits per heavy atom. The van der Waals surface area contributed by atoms with Gasteiger partial charge in [0, 0.05) is 6.92 Å². The lowest BCUT2D eigenvalue weighted by atomic mass is 10.1. The Morgan fingerprint density at radius 3 is 2.32 bits per heavy atom. The fraction of sp³-hybridized carbons (Fsp3) is 0.167. The Morgan fingerprint density at radius 1 is 1.32 bits per heavy atom. The molecular weight excluding hydrogens is 369 g/mol. The summed E-state index contributed by atoms with van der Waals surface area (Å²) in [5, 5.41) is 7.96. The van der Waals surface area contributed by atoms with Crippen molar-refractivity contribution in [2.45, 2.75) is 18.7 Å². The number of nitrogens with two attached hydrogens (primary N) is 1. The zero-order valence-corrected chi connectivity index (χ0v) is 14.6. The minimum Gasteiger partial charge on any atom is -0.302 e. The number of benzene rings is 1. The molecule has 22 heavy (non-hydrogen) atoms. The van der Waals surface area contributed by atoms with E-state index in [4.69, 9.17) is 28.3 Å². The van der Waals surface area contributed by atoms with Gasteiger partial charge < -0.3 is 5.32 Å². The number of hydrogen-bond donors (Lipinski definition) is 2. The minimum atomic E-state index is -4.02. The second kappa shape index (κ2) is 6.13. The Hall–Kier alpha value is -1.19. The summed E-state index contributed by atoms with van der Waals surface area (Å²) < 4.78 is 22.9. The zero-order chi connectivity index (χ0) is 16.7. The molecule has 2 rings (SSSR count). The number of nitrogens with one attached hydrogen (secondary N) is 1. The Bertz CT molecular complexity index is 839. The van der Waals surface area contributed by atoms with E-state index in [0.717, 1.165) is 0 Å². The van der Waals surface area contributed by atoms with Gasteiger partial charge in [0.05, 0.1) is 20.6 Å². The predicted octanol–water partition coefficient (Wildman–Crippen LogP) is 3.03. The molecule has 2 aromatic rings. The third-order valence-corrected chi connectivity index (χ3v) is 5.58. The number of carbonyl (C=O) groups excluding carboxylic acids is 1. The first-order chi connectivity index (χ1) is 10.1. The van der Waals surface area contributed by atoms with Gasteiger partial charge in [-0.05, 0) is 24.6 Å². The standard InChI is InChI=1S/C12H11Cl2N3O3S2/c1-5-10(21-12(16-5)17-6(2)18)7-3-8(13)11(9(14)4-7)22(15,19)20/h3-4H,1-2H3,(H2,15,19,20)(H,16,17,18). The lowest BCUT2D eigenvalue weighted by molar-refractivity contribution is -0.114. The molecule has 10 heteroatoms. The molecule has 0 atom stereocenters. The van der Waals surface area contributed by atoms with Crippen LogP contribution < -0.4 is 10.5 Å². The van der Waals surface area contributed by atoms with Crippen molar-refractivity contribution in [1.82, 2.24) is 4.98 Å². The van der Waals surface area contributed by atoms with Crippen LogP contribution in [0.5, 0.6) is 0 Å². The molecule has 0 saturated carbocycles. The van der Waals surface area contributed by atoms with Crippen molar-refractivity contribution in [3.05, 3.63) is 27.9 Å². The van der Waals surface area contributed by atoms with Crippen molar-refractivity contribution in [2.75, 3.05) is 5.32 Å². The Balaban J connectivity index is 2.56. The Labute approximate surface area is 141 Å². The van der Waals surface area contributed by atoms with Gasteiger partial charge in [-0.3, -0.25) is 4.79 Å². The van der Waals surface area contributed by atoms with Crippen LogP contribution in [-0.2, 0) is 14.8 Å². The molecule has 0 fully saturated rings. The number of carbonyl (C=O) groups is 1. The molecule has 0 aliphatic heterocycles. The second-order valence-electron chi connectivity index (χ2n) is 4.43. The third-order valence-electron chi connectivity index (χ3n) is 2.62. The number of aromatic nitrogens is 1. The van der Waals surface area contributed by atoms with Crippen LogP contribution in [0.4, 0.5) is 5.13 Å². The molecule has 1 aromatic carbocycles. The lowest BCUT2D eigenvalue weighted by Crippen LogP contribution is -2.13. The number of aryl methyl sites for hydroxylation is 1. The number of halogens is 2. The van der Waals surface area contributed by atoms with E-state index in [-0.39, 0.29) is 20.8 Å². The molecule has 0 radical (unpaired) electrons. The summed E-state index contributed by atoms with van der Waals surface area (Å²) in [5.41, 5.74) is 1.25. The molecule has 0 spiro atoms. The summed E-state index contributed by atoms with van der Waals surface area (Å²) in [6.07, 6.45) is 0. The number of primary sulfonamides is 1. The molecule has 3 N–H and O–H groups in total. The van der Waals surface area contributed by atoms with Crippen molar-refractivity contribution in [2.24, 2.45) is 5.14 Å². The first-order valence-corrected chi connectivity index (χ1v) is 8.98. The monoisotopic (exact) mass is 379 g/mol. The van der Waals surface area contributed by atoms with Gasteiger partial charge in [0.2, 0.25) is 15.9 Å². The van der Waals surface area contributed by atoms with E-state index in [2.05, 4.69) is 10.3 Å². The van der Waals surface area contributed by atoms with Gasteiger partial charge in [-0.15, -0.1) is 0 Å². The maximum Gasteiger partial charge on any atom is 0.241 e. The first-order valence-electron chi connectivity index (χ1n) is 5.87. The SMILES string of the molecule is CC(=O)Nc1nc(C)c(-c2cc(Cl)c(S(N)(=O)=O)c(Cl)c2)s1. The van der Waals surface area contributed by atoms with E-state index in [1.807, 2.05) is 0 Å². The summed E-state index contributed by atoms with van der Waals surface area (Å²) in [6, 6.07) is 2.90. The average Bonchev–Trinajstić information content (AvgIpc) is 2.66. The maximum absolute atomic E-state index is 11.5. The molecule has 0 aliphatic rings. The van der Waals surface area contributed by atoms with Gasteiger partial charge in [-0.25, -0.2) is 18.5 Å². The van der Waals surface area contributed by atoms with Crippen LogP contribution in [0.1, 0.15) is 12.6 Å². The number of rotatable bonds is 3. The number of amides is 1. The average molecular weight is 380 g/mol. The molecule has 6 nitrogen and oxygen atoms in total. The van der Waals surface area contributed by atoms with Crippen LogP contribution in [0.15, 0.2) is 17.0 Å². The highest BCUT2D eigenvalue weighted by Gasteiger charge is 2.20. The van der Waals surface area contributed by atoms with Crippen molar-refractivity contribution in [3.63, 3.8) is 0 Å². The van der Waals surface area contributed by atoms with Crippen molar-refractivity contribution in [3.8, 4) is 10.4 Å². The van der Waals surface area contributed by atoms with Gasteiger partial charge in [0.1, 0.15) is 4.90 Å². The topological polar surface area (TPSA) is 102 Å². The van der Waals surface area contributed by atoms with E-state index < -0.39 is 10.0 Å². The summed E-state index contributed by atoms with van der Waals surface area (Å²) in [6.45, 7) is 3.14. The summed E-state index contributed by atoms with van der Waals surface area (Å²) in [5.74, 6) is -0.235. The molecule has 0 aliphatic carbocycles. The largest absolute Gasteiger partial charge is 0.302 e. The molecule has 0 saturated heterocycles. The van der Waals surface area contributed by atoms with Crippen LogP contribution in [-0.4, -0.2) is 19.3 Å². The summed E-state index contributed by atoms with van der Waals surface area (Å²) in [4.78, 5) is 15.7. The first kappa shape index (κ1) is 17.2. The van der Waals surface area contributed by atoms with E-state index in [1.165, 1.54) is 30.4 Å². The lowest BCUT2D eigenvalue weighted by Gasteiger charge is -2.07. The summed E-state index contributed by atoms with van der Waals surface area (Å²) in [7, 11) is -4.02. The highest BCUT2D eigenvalue weighted by molar-refractivity contribution is 7.89. The van der Waals surface area contributed by atoms with E-state index in [9.17, 15) is 13.2 Å². The third kappa shape index (κ3) is 3.58. The molecule has 0 bridgehead atoms.